The summed E-state index contributed by atoms with van der Waals surface area (Å²) in [6.45, 7) is 3.51. The SMILES string of the molecule is CC(c1ccccc1Br)N(C)CCCCO. The van der Waals surface area contributed by atoms with Crippen molar-refractivity contribution in [3.8, 4) is 0 Å². The largest absolute Gasteiger partial charge is 0.396 e. The number of aliphatic hydroxyl groups excluding tert-OH is 1. The quantitative estimate of drug-likeness (QED) is 0.812. The van der Waals surface area contributed by atoms with E-state index in [9.17, 15) is 0 Å². The van der Waals surface area contributed by atoms with E-state index in [-0.39, 0.29) is 6.61 Å². The molecule has 1 aromatic carbocycles. The zero-order chi connectivity index (χ0) is 12.0. The zero-order valence-corrected chi connectivity index (χ0v) is 11.6. The lowest BCUT2D eigenvalue weighted by atomic mass is 10.1. The standard InChI is InChI=1S/C13H20BrNO/c1-11(15(2)9-5-6-10-16)12-7-3-4-8-13(12)14/h3-4,7-8,11,16H,5-6,9-10H2,1-2H3. The van der Waals surface area contributed by atoms with Crippen LogP contribution in [0.2, 0.25) is 0 Å². The van der Waals surface area contributed by atoms with E-state index in [4.69, 9.17) is 5.11 Å². The first-order chi connectivity index (χ1) is 7.66. The molecule has 1 aromatic rings. The highest BCUT2D eigenvalue weighted by atomic mass is 79.9. The minimum atomic E-state index is 0.289. The Bertz CT molecular complexity index is 317. The van der Waals surface area contributed by atoms with E-state index in [1.165, 1.54) is 5.56 Å². The Morgan fingerprint density at radius 1 is 1.31 bits per heavy atom. The van der Waals surface area contributed by atoms with E-state index < -0.39 is 0 Å². The van der Waals surface area contributed by atoms with E-state index in [1.54, 1.807) is 0 Å². The van der Waals surface area contributed by atoms with Gasteiger partial charge >= 0.3 is 0 Å². The van der Waals surface area contributed by atoms with Crippen molar-refractivity contribution in [1.82, 2.24) is 4.90 Å². The van der Waals surface area contributed by atoms with Crippen molar-refractivity contribution in [2.24, 2.45) is 0 Å². The molecule has 1 atom stereocenters. The molecular formula is C13H20BrNO. The monoisotopic (exact) mass is 285 g/mol. The minimum Gasteiger partial charge on any atom is -0.396 e. The second-order valence-electron chi connectivity index (χ2n) is 4.11. The molecule has 0 aliphatic heterocycles. The molecule has 1 N–H and O–H groups in total. The molecule has 0 spiro atoms. The molecular weight excluding hydrogens is 266 g/mol. The molecule has 1 rings (SSSR count). The van der Waals surface area contributed by atoms with Gasteiger partial charge in [-0.1, -0.05) is 34.1 Å². The van der Waals surface area contributed by atoms with Crippen molar-refractivity contribution in [1.29, 1.82) is 0 Å². The highest BCUT2D eigenvalue weighted by Gasteiger charge is 2.13. The van der Waals surface area contributed by atoms with Gasteiger partial charge in [-0.15, -0.1) is 0 Å². The predicted octanol–water partition coefficient (Wildman–Crippen LogP) is 3.21. The molecule has 0 bridgehead atoms. The maximum atomic E-state index is 8.75. The van der Waals surface area contributed by atoms with Gasteiger partial charge in [-0.3, -0.25) is 4.90 Å². The van der Waals surface area contributed by atoms with Crippen LogP contribution < -0.4 is 0 Å². The van der Waals surface area contributed by atoms with Crippen LogP contribution >= 0.6 is 15.9 Å². The fourth-order valence-electron chi connectivity index (χ4n) is 1.72. The molecule has 0 radical (unpaired) electrons. The highest BCUT2D eigenvalue weighted by Crippen LogP contribution is 2.26. The maximum absolute atomic E-state index is 8.75. The Labute approximate surface area is 106 Å². The second-order valence-corrected chi connectivity index (χ2v) is 4.96. The van der Waals surface area contributed by atoms with Crippen LogP contribution in [-0.4, -0.2) is 30.2 Å². The Kier molecular flexibility index (Phi) is 6.03. The predicted molar refractivity (Wildman–Crippen MR) is 71.5 cm³/mol. The summed E-state index contributed by atoms with van der Waals surface area (Å²) >= 11 is 3.58. The summed E-state index contributed by atoms with van der Waals surface area (Å²) in [6.07, 6.45) is 1.93. The first kappa shape index (κ1) is 13.7. The number of aliphatic hydroxyl groups is 1. The number of nitrogens with zero attached hydrogens (tertiary/aromatic N) is 1. The van der Waals surface area contributed by atoms with Crippen molar-refractivity contribution in [3.05, 3.63) is 34.3 Å². The van der Waals surface area contributed by atoms with Gasteiger partial charge in [-0.2, -0.15) is 0 Å². The van der Waals surface area contributed by atoms with Crippen molar-refractivity contribution in [2.75, 3.05) is 20.2 Å². The van der Waals surface area contributed by atoms with Crippen LogP contribution in [0, 0.1) is 0 Å². The lowest BCUT2D eigenvalue weighted by Gasteiger charge is -2.25. The average Bonchev–Trinajstić information content (AvgIpc) is 2.29. The molecule has 0 aromatic heterocycles. The number of benzene rings is 1. The summed E-state index contributed by atoms with van der Waals surface area (Å²) in [5.41, 5.74) is 1.31. The molecule has 0 fully saturated rings. The topological polar surface area (TPSA) is 23.5 Å². The Morgan fingerprint density at radius 2 is 2.00 bits per heavy atom. The lowest BCUT2D eigenvalue weighted by molar-refractivity contribution is 0.233. The molecule has 0 heterocycles. The van der Waals surface area contributed by atoms with E-state index in [1.807, 2.05) is 6.07 Å². The molecule has 0 aliphatic carbocycles. The third kappa shape index (κ3) is 3.89. The third-order valence-electron chi connectivity index (χ3n) is 2.94. The molecule has 2 nitrogen and oxygen atoms in total. The summed E-state index contributed by atoms with van der Waals surface area (Å²) in [7, 11) is 2.13. The molecule has 0 saturated carbocycles. The first-order valence-corrected chi connectivity index (χ1v) is 6.51. The number of unbranched alkanes of at least 4 members (excludes halogenated alkanes) is 1. The summed E-state index contributed by atoms with van der Waals surface area (Å²) in [4.78, 5) is 2.32. The summed E-state index contributed by atoms with van der Waals surface area (Å²) in [5.74, 6) is 0. The Morgan fingerprint density at radius 3 is 2.62 bits per heavy atom. The van der Waals surface area contributed by atoms with Crippen LogP contribution in [-0.2, 0) is 0 Å². The van der Waals surface area contributed by atoms with Crippen molar-refractivity contribution in [3.63, 3.8) is 0 Å². The normalized spacial score (nSPS) is 13.1. The molecule has 90 valence electrons. The van der Waals surface area contributed by atoms with Gasteiger partial charge in [0.1, 0.15) is 0 Å². The van der Waals surface area contributed by atoms with Crippen LogP contribution in [0.3, 0.4) is 0 Å². The molecule has 3 heteroatoms. The summed E-state index contributed by atoms with van der Waals surface area (Å²) in [6, 6.07) is 8.73. The van der Waals surface area contributed by atoms with Gasteiger partial charge in [0, 0.05) is 17.1 Å². The van der Waals surface area contributed by atoms with Crippen molar-refractivity contribution >= 4 is 15.9 Å². The van der Waals surface area contributed by atoms with Gasteiger partial charge in [-0.25, -0.2) is 0 Å². The number of rotatable bonds is 6. The molecule has 0 aliphatic rings. The fourth-order valence-corrected chi connectivity index (χ4v) is 2.33. The second kappa shape index (κ2) is 7.05. The van der Waals surface area contributed by atoms with Crippen LogP contribution in [0.15, 0.2) is 28.7 Å². The van der Waals surface area contributed by atoms with Gasteiger partial charge in [0.05, 0.1) is 0 Å². The zero-order valence-electron chi connectivity index (χ0n) is 9.99. The van der Waals surface area contributed by atoms with E-state index >= 15 is 0 Å². The average molecular weight is 286 g/mol. The van der Waals surface area contributed by atoms with Crippen molar-refractivity contribution < 1.29 is 5.11 Å². The van der Waals surface area contributed by atoms with Gasteiger partial charge in [0.2, 0.25) is 0 Å². The minimum absolute atomic E-state index is 0.289. The van der Waals surface area contributed by atoms with E-state index in [0.29, 0.717) is 6.04 Å². The van der Waals surface area contributed by atoms with E-state index in [2.05, 4.69) is 53.0 Å². The molecule has 16 heavy (non-hydrogen) atoms. The van der Waals surface area contributed by atoms with Crippen LogP contribution in [0.1, 0.15) is 31.4 Å². The Balaban J connectivity index is 2.56. The summed E-state index contributed by atoms with van der Waals surface area (Å²) < 4.78 is 1.16. The lowest BCUT2D eigenvalue weighted by Crippen LogP contribution is -2.24. The van der Waals surface area contributed by atoms with Gasteiger partial charge < -0.3 is 5.11 Å². The highest BCUT2D eigenvalue weighted by molar-refractivity contribution is 9.10. The van der Waals surface area contributed by atoms with Gasteiger partial charge in [0.15, 0.2) is 0 Å². The third-order valence-corrected chi connectivity index (χ3v) is 3.66. The van der Waals surface area contributed by atoms with Crippen LogP contribution in [0.25, 0.3) is 0 Å². The number of hydrogen-bond donors (Lipinski definition) is 1. The van der Waals surface area contributed by atoms with Crippen molar-refractivity contribution in [2.45, 2.75) is 25.8 Å². The van der Waals surface area contributed by atoms with E-state index in [0.717, 1.165) is 23.9 Å². The first-order valence-electron chi connectivity index (χ1n) is 5.72. The molecule has 1 unspecified atom stereocenters. The maximum Gasteiger partial charge on any atom is 0.0431 e. The van der Waals surface area contributed by atoms with Gasteiger partial charge in [0.25, 0.3) is 0 Å². The fraction of sp³-hybridized carbons (Fsp3) is 0.538. The van der Waals surface area contributed by atoms with Crippen LogP contribution in [0.4, 0.5) is 0 Å². The Hall–Kier alpha value is -0.380. The number of hydrogen-bond acceptors (Lipinski definition) is 2. The van der Waals surface area contributed by atoms with Crippen LogP contribution in [0.5, 0.6) is 0 Å². The summed E-state index contributed by atoms with van der Waals surface area (Å²) in [5, 5.41) is 8.75. The number of halogens is 1. The molecule has 0 saturated heterocycles. The molecule has 0 amide bonds. The van der Waals surface area contributed by atoms with Gasteiger partial charge in [-0.05, 0) is 45.0 Å². The smallest absolute Gasteiger partial charge is 0.0431 e.